The average Bonchev–Trinajstić information content (AvgIpc) is 2.33. The molecule has 0 aromatic heterocycles. The summed E-state index contributed by atoms with van der Waals surface area (Å²) in [7, 11) is -1.83. The minimum atomic E-state index is -1.83. The Bertz CT molecular complexity index is 498. The van der Waals surface area contributed by atoms with Gasteiger partial charge in [0.05, 0.1) is 8.07 Å². The summed E-state index contributed by atoms with van der Waals surface area (Å²) >= 11 is 0. The number of hydrogen-bond donors (Lipinski definition) is 1. The molecule has 0 aliphatic carbocycles. The van der Waals surface area contributed by atoms with Crippen molar-refractivity contribution in [3.05, 3.63) is 35.9 Å². The number of carbonyl (C=O) groups excluding carboxylic acids is 1. The number of rotatable bonds is 3. The topological polar surface area (TPSA) is 38.3 Å². The van der Waals surface area contributed by atoms with Crippen LogP contribution in [0.15, 0.2) is 30.3 Å². The predicted molar refractivity (Wildman–Crippen MR) is 95.7 cm³/mol. The Morgan fingerprint density at radius 2 is 1.55 bits per heavy atom. The van der Waals surface area contributed by atoms with Crippen LogP contribution in [0, 0.1) is 0 Å². The van der Waals surface area contributed by atoms with E-state index in [4.69, 9.17) is 4.74 Å². The van der Waals surface area contributed by atoms with Gasteiger partial charge in [0.1, 0.15) is 5.60 Å². The monoisotopic (exact) mass is 321 g/mol. The van der Waals surface area contributed by atoms with Crippen molar-refractivity contribution in [1.82, 2.24) is 5.32 Å². The number of ether oxygens (including phenoxy) is 1. The fraction of sp³-hybridized carbons (Fsp3) is 0.611. The van der Waals surface area contributed by atoms with Gasteiger partial charge in [-0.25, -0.2) is 4.79 Å². The van der Waals surface area contributed by atoms with Gasteiger partial charge in [0.25, 0.3) is 0 Å². The van der Waals surface area contributed by atoms with Crippen LogP contribution in [0.3, 0.4) is 0 Å². The molecule has 1 N–H and O–H groups in total. The molecule has 1 rings (SSSR count). The van der Waals surface area contributed by atoms with Crippen molar-refractivity contribution in [2.75, 3.05) is 0 Å². The second-order valence-corrected chi connectivity index (χ2v) is 14.0. The molecule has 3 nitrogen and oxygen atoms in total. The summed E-state index contributed by atoms with van der Waals surface area (Å²) in [5.41, 5.74) is 0.683. The third-order valence-electron chi connectivity index (χ3n) is 4.45. The summed E-state index contributed by atoms with van der Waals surface area (Å²) in [5, 5.41) is 3.29. The summed E-state index contributed by atoms with van der Waals surface area (Å²) in [5.74, 6) is 0. The molecule has 0 aliphatic rings. The number of alkyl carbamates (subject to hydrolysis) is 1. The summed E-state index contributed by atoms with van der Waals surface area (Å²) < 4.78 is 5.47. The summed E-state index contributed by atoms with van der Waals surface area (Å²) in [6.07, 6.45) is -0.342. The molecule has 1 aromatic rings. The highest BCUT2D eigenvalue weighted by Gasteiger charge is 2.44. The van der Waals surface area contributed by atoms with Crippen LogP contribution >= 0.6 is 0 Å². The van der Waals surface area contributed by atoms with Crippen molar-refractivity contribution in [1.29, 1.82) is 0 Å². The van der Waals surface area contributed by atoms with Crippen molar-refractivity contribution >= 4 is 14.2 Å². The van der Waals surface area contributed by atoms with Crippen molar-refractivity contribution < 1.29 is 9.53 Å². The Morgan fingerprint density at radius 3 is 1.95 bits per heavy atom. The van der Waals surface area contributed by atoms with E-state index in [1.807, 2.05) is 39.0 Å². The zero-order valence-electron chi connectivity index (χ0n) is 15.3. The second-order valence-electron chi connectivity index (χ2n) is 8.46. The smallest absolute Gasteiger partial charge is 0.407 e. The van der Waals surface area contributed by atoms with Gasteiger partial charge in [0.2, 0.25) is 0 Å². The lowest BCUT2D eigenvalue weighted by molar-refractivity contribution is 0.0517. The molecule has 1 unspecified atom stereocenters. The molecule has 4 heteroatoms. The number of carbonyl (C=O) groups is 1. The van der Waals surface area contributed by atoms with Gasteiger partial charge in [0.15, 0.2) is 0 Å². The fourth-order valence-electron chi connectivity index (χ4n) is 2.18. The van der Waals surface area contributed by atoms with E-state index in [0.29, 0.717) is 0 Å². The normalized spacial score (nSPS) is 14.4. The van der Waals surface area contributed by atoms with Crippen molar-refractivity contribution in [2.45, 2.75) is 70.9 Å². The predicted octanol–water partition coefficient (Wildman–Crippen LogP) is 5.30. The summed E-state index contributed by atoms with van der Waals surface area (Å²) in [4.78, 5) is 12.3. The van der Waals surface area contributed by atoms with Gasteiger partial charge < -0.3 is 10.1 Å². The second kappa shape index (κ2) is 6.45. The van der Waals surface area contributed by atoms with Gasteiger partial charge in [-0.2, -0.15) is 0 Å². The zero-order chi connectivity index (χ0) is 17.2. The lowest BCUT2D eigenvalue weighted by atomic mass is 10.2. The number of nitrogens with one attached hydrogen (secondary N) is 1. The molecule has 0 aliphatic heterocycles. The summed E-state index contributed by atoms with van der Waals surface area (Å²) in [6, 6.07) is 10.2. The van der Waals surface area contributed by atoms with Gasteiger partial charge in [-0.15, -0.1) is 0 Å². The van der Waals surface area contributed by atoms with Gasteiger partial charge in [0, 0.05) is 5.67 Å². The van der Waals surface area contributed by atoms with Crippen molar-refractivity contribution in [3.8, 4) is 0 Å². The van der Waals surface area contributed by atoms with Crippen LogP contribution in [-0.2, 0) is 4.74 Å². The van der Waals surface area contributed by atoms with Gasteiger partial charge >= 0.3 is 6.09 Å². The highest BCUT2D eigenvalue weighted by Crippen LogP contribution is 2.43. The van der Waals surface area contributed by atoms with E-state index >= 15 is 0 Å². The van der Waals surface area contributed by atoms with Crippen LogP contribution in [0.2, 0.25) is 18.1 Å². The standard InChI is InChI=1S/C18H31NO2Si/c1-17(2,3)21-16(20)19-15(14-12-10-9-11-13-14)22(7,8)18(4,5)6/h9-13,15H,1-8H3,(H,19,20). The van der Waals surface area contributed by atoms with Crippen LogP contribution in [-0.4, -0.2) is 19.8 Å². The first-order valence-corrected chi connectivity index (χ1v) is 11.0. The highest BCUT2D eigenvalue weighted by atomic mass is 28.3. The molecule has 124 valence electrons. The van der Waals surface area contributed by atoms with E-state index in [1.54, 1.807) is 0 Å². The molecular formula is C18H31NO2Si. The minimum Gasteiger partial charge on any atom is -0.444 e. The maximum Gasteiger partial charge on any atom is 0.407 e. The Kier molecular flexibility index (Phi) is 5.50. The Morgan fingerprint density at radius 1 is 1.05 bits per heavy atom. The molecule has 0 heterocycles. The zero-order valence-corrected chi connectivity index (χ0v) is 16.3. The Labute approximate surface area is 136 Å². The highest BCUT2D eigenvalue weighted by molar-refractivity contribution is 6.81. The van der Waals surface area contributed by atoms with Crippen LogP contribution in [0.1, 0.15) is 52.8 Å². The van der Waals surface area contributed by atoms with E-state index in [2.05, 4.69) is 51.3 Å². The largest absolute Gasteiger partial charge is 0.444 e. The molecule has 1 aromatic carbocycles. The third-order valence-corrected chi connectivity index (χ3v) is 10.2. The molecule has 0 saturated carbocycles. The first kappa shape index (κ1) is 18.8. The number of benzene rings is 1. The Balaban J connectivity index is 3.12. The SMILES string of the molecule is CC(C)(C)OC(=O)NC(c1ccccc1)[Si](C)(C)C(C)(C)C. The molecule has 1 atom stereocenters. The van der Waals surface area contributed by atoms with Gasteiger partial charge in [-0.05, 0) is 31.4 Å². The van der Waals surface area contributed by atoms with E-state index in [9.17, 15) is 4.79 Å². The van der Waals surface area contributed by atoms with E-state index < -0.39 is 13.7 Å². The maximum absolute atomic E-state index is 12.3. The first-order chi connectivity index (χ1) is 9.84. The van der Waals surface area contributed by atoms with E-state index in [1.165, 1.54) is 0 Å². The molecule has 1 amide bonds. The minimum absolute atomic E-state index is 0.0172. The van der Waals surface area contributed by atoms with Crippen molar-refractivity contribution in [3.63, 3.8) is 0 Å². The van der Waals surface area contributed by atoms with Crippen LogP contribution in [0.5, 0.6) is 0 Å². The fourth-order valence-corrected chi connectivity index (χ4v) is 4.55. The van der Waals surface area contributed by atoms with Crippen LogP contribution in [0.25, 0.3) is 0 Å². The van der Waals surface area contributed by atoms with Crippen LogP contribution in [0.4, 0.5) is 4.79 Å². The van der Waals surface area contributed by atoms with Crippen LogP contribution < -0.4 is 5.32 Å². The molecule has 0 fully saturated rings. The third kappa shape index (κ3) is 4.87. The molecule has 0 spiro atoms. The number of amides is 1. The van der Waals surface area contributed by atoms with E-state index in [0.717, 1.165) is 5.56 Å². The van der Waals surface area contributed by atoms with Gasteiger partial charge in [-0.1, -0.05) is 64.2 Å². The summed E-state index contributed by atoms with van der Waals surface area (Å²) in [6.45, 7) is 17.1. The van der Waals surface area contributed by atoms with Gasteiger partial charge in [-0.3, -0.25) is 0 Å². The lowest BCUT2D eigenvalue weighted by Crippen LogP contribution is -2.52. The average molecular weight is 322 g/mol. The Hall–Kier alpha value is -1.29. The lowest BCUT2D eigenvalue weighted by Gasteiger charge is -2.43. The number of hydrogen-bond acceptors (Lipinski definition) is 2. The molecule has 22 heavy (non-hydrogen) atoms. The first-order valence-electron chi connectivity index (χ1n) is 7.89. The molecule has 0 bridgehead atoms. The molecule has 0 saturated heterocycles. The molecular weight excluding hydrogens is 290 g/mol. The molecule has 0 radical (unpaired) electrons. The maximum atomic E-state index is 12.3. The van der Waals surface area contributed by atoms with Crippen molar-refractivity contribution in [2.24, 2.45) is 0 Å². The quantitative estimate of drug-likeness (QED) is 0.767. The van der Waals surface area contributed by atoms with E-state index in [-0.39, 0.29) is 16.8 Å².